The van der Waals surface area contributed by atoms with Crippen molar-refractivity contribution in [2.75, 3.05) is 5.73 Å². The van der Waals surface area contributed by atoms with Gasteiger partial charge in [0, 0.05) is 11.3 Å². The average molecular weight is 216 g/mol. The van der Waals surface area contributed by atoms with Crippen molar-refractivity contribution in [2.24, 2.45) is 0 Å². The fraction of sp³-hybridized carbons (Fsp3) is 0.400. The molecule has 16 heavy (non-hydrogen) atoms. The van der Waals surface area contributed by atoms with Crippen molar-refractivity contribution in [1.29, 1.82) is 0 Å². The average Bonchev–Trinajstić information content (AvgIpc) is 2.82. The summed E-state index contributed by atoms with van der Waals surface area (Å²) in [5.41, 5.74) is 8.10. The molecule has 1 aliphatic carbocycles. The number of nitrogens with zero attached hydrogens (tertiary/aromatic N) is 4. The summed E-state index contributed by atoms with van der Waals surface area (Å²) in [5.74, 6) is 1.69. The van der Waals surface area contributed by atoms with Gasteiger partial charge in [0.2, 0.25) is 0 Å². The van der Waals surface area contributed by atoms with Gasteiger partial charge in [-0.25, -0.2) is 15.0 Å². The number of nitrogen functional groups attached to an aromatic ring is 1. The Kier molecular flexibility index (Phi) is 2.05. The Hall–Kier alpha value is -1.98. The molecule has 6 nitrogen and oxygen atoms in total. The van der Waals surface area contributed by atoms with Crippen LogP contribution in [0.25, 0.3) is 11.6 Å². The van der Waals surface area contributed by atoms with E-state index >= 15 is 0 Å². The molecular formula is C10H12N6. The van der Waals surface area contributed by atoms with E-state index in [0.717, 1.165) is 24.1 Å². The maximum absolute atomic E-state index is 5.94. The van der Waals surface area contributed by atoms with Crippen molar-refractivity contribution in [3.8, 4) is 11.6 Å². The highest BCUT2D eigenvalue weighted by atomic mass is 15.2. The number of hydrogen-bond acceptors (Lipinski definition) is 5. The number of H-pyrrole nitrogens is 1. The molecule has 0 saturated carbocycles. The summed E-state index contributed by atoms with van der Waals surface area (Å²) in [7, 11) is 0. The Morgan fingerprint density at radius 3 is 2.88 bits per heavy atom. The number of aromatic nitrogens is 5. The molecule has 3 N–H and O–H groups in total. The van der Waals surface area contributed by atoms with Gasteiger partial charge < -0.3 is 5.73 Å². The maximum Gasteiger partial charge on any atom is 0.199 e. The largest absolute Gasteiger partial charge is 0.383 e. The Labute approximate surface area is 92.3 Å². The lowest BCUT2D eigenvalue weighted by Gasteiger charge is -2.16. The van der Waals surface area contributed by atoms with E-state index in [4.69, 9.17) is 5.73 Å². The molecule has 2 aromatic heterocycles. The number of anilines is 1. The Morgan fingerprint density at radius 1 is 1.19 bits per heavy atom. The highest BCUT2D eigenvalue weighted by Gasteiger charge is 2.17. The van der Waals surface area contributed by atoms with Crippen molar-refractivity contribution < 1.29 is 0 Å². The molecule has 82 valence electrons. The summed E-state index contributed by atoms with van der Waals surface area (Å²) in [5, 5.41) is 6.53. The van der Waals surface area contributed by atoms with E-state index in [0.29, 0.717) is 17.5 Å². The summed E-state index contributed by atoms with van der Waals surface area (Å²) in [6.07, 6.45) is 5.73. The third kappa shape index (κ3) is 1.42. The molecule has 2 heterocycles. The highest BCUT2D eigenvalue weighted by Crippen LogP contribution is 2.25. The van der Waals surface area contributed by atoms with Gasteiger partial charge in [-0.05, 0) is 25.7 Å². The SMILES string of the molecule is Nc1nc(-c2ncn[nH]2)nc2c1CCCC2. The zero-order chi connectivity index (χ0) is 11.0. The first-order valence-electron chi connectivity index (χ1n) is 5.35. The summed E-state index contributed by atoms with van der Waals surface area (Å²) < 4.78 is 0. The van der Waals surface area contributed by atoms with Crippen LogP contribution in [0, 0.1) is 0 Å². The topological polar surface area (TPSA) is 93.4 Å². The van der Waals surface area contributed by atoms with Crippen LogP contribution in [0.1, 0.15) is 24.1 Å². The zero-order valence-electron chi connectivity index (χ0n) is 8.77. The number of fused-ring (bicyclic) bond motifs is 1. The van der Waals surface area contributed by atoms with Gasteiger partial charge in [-0.15, -0.1) is 0 Å². The molecule has 0 spiro atoms. The molecule has 0 saturated heterocycles. The monoisotopic (exact) mass is 216 g/mol. The molecule has 0 fully saturated rings. The van der Waals surface area contributed by atoms with Gasteiger partial charge in [0.15, 0.2) is 11.6 Å². The summed E-state index contributed by atoms with van der Waals surface area (Å²) in [6, 6.07) is 0. The van der Waals surface area contributed by atoms with Crippen molar-refractivity contribution in [1.82, 2.24) is 25.1 Å². The smallest absolute Gasteiger partial charge is 0.199 e. The number of hydrogen-bond donors (Lipinski definition) is 2. The highest BCUT2D eigenvalue weighted by molar-refractivity contribution is 5.52. The van der Waals surface area contributed by atoms with Crippen LogP contribution < -0.4 is 5.73 Å². The number of aryl methyl sites for hydroxylation is 1. The van der Waals surface area contributed by atoms with E-state index in [1.807, 2.05) is 0 Å². The fourth-order valence-electron chi connectivity index (χ4n) is 2.04. The van der Waals surface area contributed by atoms with E-state index in [9.17, 15) is 0 Å². The first kappa shape index (κ1) is 9.26. The van der Waals surface area contributed by atoms with Crippen LogP contribution in [0.3, 0.4) is 0 Å². The molecule has 0 aliphatic heterocycles. The summed E-state index contributed by atoms with van der Waals surface area (Å²) in [4.78, 5) is 12.8. The normalized spacial score (nSPS) is 14.8. The van der Waals surface area contributed by atoms with Gasteiger partial charge in [-0.1, -0.05) is 0 Å². The van der Waals surface area contributed by atoms with Crippen LogP contribution >= 0.6 is 0 Å². The Bertz CT molecular complexity index is 504. The van der Waals surface area contributed by atoms with Crippen LogP contribution in [-0.4, -0.2) is 25.1 Å². The molecule has 0 radical (unpaired) electrons. The quantitative estimate of drug-likeness (QED) is 0.732. The summed E-state index contributed by atoms with van der Waals surface area (Å²) >= 11 is 0. The Balaban J connectivity index is 2.12. The molecule has 0 unspecified atom stereocenters. The van der Waals surface area contributed by atoms with Gasteiger partial charge in [-0.2, -0.15) is 5.10 Å². The van der Waals surface area contributed by atoms with Gasteiger partial charge >= 0.3 is 0 Å². The molecule has 0 atom stereocenters. The second-order valence-corrected chi connectivity index (χ2v) is 3.90. The number of aromatic amines is 1. The van der Waals surface area contributed by atoms with Gasteiger partial charge in [0.25, 0.3) is 0 Å². The third-order valence-electron chi connectivity index (χ3n) is 2.84. The van der Waals surface area contributed by atoms with Crippen LogP contribution in [0.5, 0.6) is 0 Å². The minimum atomic E-state index is 0.538. The molecule has 3 rings (SSSR count). The van der Waals surface area contributed by atoms with Crippen molar-refractivity contribution in [3.63, 3.8) is 0 Å². The predicted molar refractivity (Wildman–Crippen MR) is 58.5 cm³/mol. The molecule has 2 aromatic rings. The van der Waals surface area contributed by atoms with E-state index in [1.165, 1.54) is 19.2 Å². The number of nitrogens with two attached hydrogens (primary N) is 1. The minimum Gasteiger partial charge on any atom is -0.383 e. The molecule has 0 aromatic carbocycles. The van der Waals surface area contributed by atoms with Gasteiger partial charge in [0.1, 0.15) is 12.1 Å². The van der Waals surface area contributed by atoms with Crippen LogP contribution in [0.15, 0.2) is 6.33 Å². The van der Waals surface area contributed by atoms with Crippen LogP contribution in [-0.2, 0) is 12.8 Å². The second-order valence-electron chi connectivity index (χ2n) is 3.90. The van der Waals surface area contributed by atoms with E-state index < -0.39 is 0 Å². The Morgan fingerprint density at radius 2 is 2.06 bits per heavy atom. The van der Waals surface area contributed by atoms with E-state index in [1.54, 1.807) is 0 Å². The standard InChI is InChI=1S/C10H12N6/c11-8-6-3-1-2-4-7(6)14-10(15-8)9-12-5-13-16-9/h5H,1-4H2,(H2,11,14,15)(H,12,13,16). The van der Waals surface area contributed by atoms with Crippen LogP contribution in [0.4, 0.5) is 5.82 Å². The second kappa shape index (κ2) is 3.55. The first-order valence-corrected chi connectivity index (χ1v) is 5.35. The molecule has 6 heteroatoms. The predicted octanol–water partition coefficient (Wildman–Crippen LogP) is 0.723. The molecule has 0 amide bonds. The molecular weight excluding hydrogens is 204 g/mol. The van der Waals surface area contributed by atoms with Crippen molar-refractivity contribution >= 4 is 5.82 Å². The molecule has 0 bridgehead atoms. The lowest BCUT2D eigenvalue weighted by Crippen LogP contribution is -2.12. The first-order chi connectivity index (χ1) is 7.84. The number of nitrogens with one attached hydrogen (secondary N) is 1. The van der Waals surface area contributed by atoms with E-state index in [2.05, 4.69) is 25.1 Å². The number of rotatable bonds is 1. The third-order valence-corrected chi connectivity index (χ3v) is 2.84. The lowest BCUT2D eigenvalue weighted by atomic mass is 9.96. The van der Waals surface area contributed by atoms with E-state index in [-0.39, 0.29) is 0 Å². The maximum atomic E-state index is 5.94. The van der Waals surface area contributed by atoms with Gasteiger partial charge in [-0.3, -0.25) is 5.10 Å². The lowest BCUT2D eigenvalue weighted by molar-refractivity contribution is 0.665. The van der Waals surface area contributed by atoms with Crippen molar-refractivity contribution in [3.05, 3.63) is 17.6 Å². The summed E-state index contributed by atoms with van der Waals surface area (Å²) in [6.45, 7) is 0. The van der Waals surface area contributed by atoms with Crippen molar-refractivity contribution in [2.45, 2.75) is 25.7 Å². The molecule has 1 aliphatic rings. The minimum absolute atomic E-state index is 0.538. The zero-order valence-corrected chi connectivity index (χ0v) is 8.77. The fourth-order valence-corrected chi connectivity index (χ4v) is 2.04. The van der Waals surface area contributed by atoms with Gasteiger partial charge in [0.05, 0.1) is 0 Å². The van der Waals surface area contributed by atoms with Crippen LogP contribution in [0.2, 0.25) is 0 Å².